The van der Waals surface area contributed by atoms with Gasteiger partial charge in [-0.2, -0.15) is 0 Å². The van der Waals surface area contributed by atoms with Gasteiger partial charge in [0, 0.05) is 12.2 Å². The average molecular weight is 232 g/mol. The summed E-state index contributed by atoms with van der Waals surface area (Å²) in [6, 6.07) is 0. The molecule has 0 heterocycles. The SMILES string of the molecule is CC(C)=CCC/C(O)=C/C=C/P(=O)(O)O. The van der Waals surface area contributed by atoms with Gasteiger partial charge in [-0.15, -0.1) is 0 Å². The third kappa shape index (κ3) is 11.1. The number of rotatable bonds is 5. The highest BCUT2D eigenvalue weighted by molar-refractivity contribution is 7.55. The minimum Gasteiger partial charge on any atom is -0.512 e. The minimum atomic E-state index is -4.11. The van der Waals surface area contributed by atoms with Crippen LogP contribution in [0.5, 0.6) is 0 Å². The topological polar surface area (TPSA) is 77.8 Å². The fourth-order valence-electron chi connectivity index (χ4n) is 0.858. The van der Waals surface area contributed by atoms with Crippen LogP contribution < -0.4 is 0 Å². The Morgan fingerprint density at radius 1 is 1.33 bits per heavy atom. The molecule has 3 N–H and O–H groups in total. The van der Waals surface area contributed by atoms with Gasteiger partial charge >= 0.3 is 7.60 Å². The predicted molar refractivity (Wildman–Crippen MR) is 60.6 cm³/mol. The van der Waals surface area contributed by atoms with Crippen molar-refractivity contribution in [3.63, 3.8) is 0 Å². The fourth-order valence-corrected chi connectivity index (χ4v) is 1.17. The maximum Gasteiger partial charge on any atom is 0.349 e. The Hall–Kier alpha value is -0.830. The molecule has 0 spiro atoms. The third-order valence-corrected chi connectivity index (χ3v) is 2.08. The van der Waals surface area contributed by atoms with Gasteiger partial charge < -0.3 is 14.9 Å². The summed E-state index contributed by atoms with van der Waals surface area (Å²) in [5, 5.41) is 9.29. The van der Waals surface area contributed by atoms with E-state index in [1.807, 2.05) is 19.9 Å². The quantitative estimate of drug-likeness (QED) is 0.295. The zero-order valence-electron chi connectivity index (χ0n) is 8.92. The third-order valence-electron chi connectivity index (χ3n) is 1.52. The van der Waals surface area contributed by atoms with Gasteiger partial charge in [-0.3, -0.25) is 4.57 Å². The molecular weight excluding hydrogens is 215 g/mol. The van der Waals surface area contributed by atoms with Crippen LogP contribution in [0.1, 0.15) is 26.7 Å². The zero-order chi connectivity index (χ0) is 11.9. The molecular formula is C10H17O4P. The van der Waals surface area contributed by atoms with Crippen molar-refractivity contribution >= 4 is 7.60 Å². The van der Waals surface area contributed by atoms with Crippen LogP contribution in [0.15, 0.2) is 35.4 Å². The standard InChI is InChI=1S/C10H17O4P/c1-9(2)5-3-6-10(11)7-4-8-15(12,13)14/h4-5,7-8,11H,3,6H2,1-2H3,(H2,12,13,14)/b8-4+,10-7-. The van der Waals surface area contributed by atoms with Crippen molar-refractivity contribution in [1.82, 2.24) is 0 Å². The lowest BCUT2D eigenvalue weighted by atomic mass is 10.2. The van der Waals surface area contributed by atoms with Crippen molar-refractivity contribution in [3.05, 3.63) is 35.4 Å². The highest BCUT2D eigenvalue weighted by Gasteiger charge is 2.03. The normalized spacial score (nSPS) is 13.2. The summed E-state index contributed by atoms with van der Waals surface area (Å²) in [5.74, 6) is 0.863. The number of aliphatic hydroxyl groups is 1. The first-order valence-corrected chi connectivity index (χ1v) is 6.25. The van der Waals surface area contributed by atoms with E-state index in [1.165, 1.54) is 17.7 Å². The van der Waals surface area contributed by atoms with E-state index in [1.54, 1.807) is 0 Å². The predicted octanol–water partition coefficient (Wildman–Crippen LogP) is 2.87. The lowest BCUT2D eigenvalue weighted by Gasteiger charge is -1.96. The molecule has 4 nitrogen and oxygen atoms in total. The maximum atomic E-state index is 10.4. The Balaban J connectivity index is 4.06. The molecule has 0 unspecified atom stereocenters. The van der Waals surface area contributed by atoms with E-state index in [-0.39, 0.29) is 5.76 Å². The monoisotopic (exact) mass is 232 g/mol. The van der Waals surface area contributed by atoms with Crippen LogP contribution >= 0.6 is 7.60 Å². The van der Waals surface area contributed by atoms with Crippen LogP contribution in [0.2, 0.25) is 0 Å². The van der Waals surface area contributed by atoms with Crippen molar-refractivity contribution in [2.45, 2.75) is 26.7 Å². The van der Waals surface area contributed by atoms with Crippen molar-refractivity contribution in [2.24, 2.45) is 0 Å². The van der Waals surface area contributed by atoms with E-state index < -0.39 is 7.60 Å². The molecule has 0 aromatic rings. The number of hydrogen-bond donors (Lipinski definition) is 3. The van der Waals surface area contributed by atoms with Gasteiger partial charge in [-0.05, 0) is 26.3 Å². The van der Waals surface area contributed by atoms with Crippen LogP contribution in [0.25, 0.3) is 0 Å². The molecule has 0 aromatic heterocycles. The number of allylic oxidation sites excluding steroid dienone is 5. The molecule has 0 saturated carbocycles. The van der Waals surface area contributed by atoms with Gasteiger partial charge in [0.05, 0.1) is 5.76 Å². The molecule has 86 valence electrons. The molecule has 0 saturated heterocycles. The molecule has 0 radical (unpaired) electrons. The minimum absolute atomic E-state index is 0.109. The van der Waals surface area contributed by atoms with Gasteiger partial charge in [0.15, 0.2) is 0 Å². The summed E-state index contributed by atoms with van der Waals surface area (Å²) >= 11 is 0. The molecule has 5 heteroatoms. The Kier molecular flexibility index (Phi) is 6.25. The molecule has 0 aliphatic heterocycles. The summed E-state index contributed by atoms with van der Waals surface area (Å²) in [5.41, 5.74) is 1.17. The van der Waals surface area contributed by atoms with Gasteiger partial charge in [-0.25, -0.2) is 0 Å². The van der Waals surface area contributed by atoms with Crippen LogP contribution in [0, 0.1) is 0 Å². The second-order valence-electron chi connectivity index (χ2n) is 3.41. The Labute approximate surface area is 89.8 Å². The van der Waals surface area contributed by atoms with Crippen LogP contribution in [-0.4, -0.2) is 14.9 Å². The first-order chi connectivity index (χ1) is 6.81. The smallest absolute Gasteiger partial charge is 0.349 e. The average Bonchev–Trinajstić information content (AvgIpc) is 2.00. The Morgan fingerprint density at radius 2 is 1.93 bits per heavy atom. The van der Waals surface area contributed by atoms with Gasteiger partial charge in [0.1, 0.15) is 0 Å². The van der Waals surface area contributed by atoms with Crippen molar-refractivity contribution < 1.29 is 19.5 Å². The second kappa shape index (κ2) is 6.62. The Morgan fingerprint density at radius 3 is 2.40 bits per heavy atom. The molecule has 0 aliphatic rings. The first-order valence-electron chi connectivity index (χ1n) is 4.57. The molecule has 0 amide bonds. The Bertz CT molecular complexity index is 318. The van der Waals surface area contributed by atoms with Crippen molar-refractivity contribution in [2.75, 3.05) is 0 Å². The molecule has 0 bridgehead atoms. The second-order valence-corrected chi connectivity index (χ2v) is 4.89. The molecule has 0 fully saturated rings. The van der Waals surface area contributed by atoms with Gasteiger partial charge in [0.2, 0.25) is 0 Å². The summed E-state index contributed by atoms with van der Waals surface area (Å²) in [6.45, 7) is 3.93. The molecule has 0 rings (SSSR count). The zero-order valence-corrected chi connectivity index (χ0v) is 9.82. The van der Waals surface area contributed by atoms with E-state index in [2.05, 4.69) is 0 Å². The molecule has 0 aromatic carbocycles. The van der Waals surface area contributed by atoms with Crippen molar-refractivity contribution in [1.29, 1.82) is 0 Å². The summed E-state index contributed by atoms with van der Waals surface area (Å²) < 4.78 is 10.4. The highest BCUT2D eigenvalue weighted by Crippen LogP contribution is 2.35. The van der Waals surface area contributed by atoms with E-state index in [0.717, 1.165) is 5.82 Å². The summed E-state index contributed by atoms with van der Waals surface area (Å²) in [7, 11) is -4.11. The first kappa shape index (κ1) is 14.2. The fraction of sp³-hybridized carbons (Fsp3) is 0.400. The van der Waals surface area contributed by atoms with Gasteiger partial charge in [0.25, 0.3) is 0 Å². The highest BCUT2D eigenvalue weighted by atomic mass is 31.2. The van der Waals surface area contributed by atoms with Gasteiger partial charge in [-0.1, -0.05) is 17.7 Å². The van der Waals surface area contributed by atoms with Crippen molar-refractivity contribution in [3.8, 4) is 0 Å². The largest absolute Gasteiger partial charge is 0.512 e. The number of aliphatic hydroxyl groups excluding tert-OH is 1. The lowest BCUT2D eigenvalue weighted by Crippen LogP contribution is -1.79. The lowest BCUT2D eigenvalue weighted by molar-refractivity contribution is 0.386. The van der Waals surface area contributed by atoms with E-state index in [0.29, 0.717) is 12.8 Å². The summed E-state index contributed by atoms with van der Waals surface area (Å²) in [4.78, 5) is 17.0. The van der Waals surface area contributed by atoms with E-state index in [9.17, 15) is 9.67 Å². The van der Waals surface area contributed by atoms with Crippen LogP contribution in [0.4, 0.5) is 0 Å². The van der Waals surface area contributed by atoms with Crippen LogP contribution in [0.3, 0.4) is 0 Å². The molecule has 15 heavy (non-hydrogen) atoms. The molecule has 0 atom stereocenters. The van der Waals surface area contributed by atoms with E-state index >= 15 is 0 Å². The number of hydrogen-bond acceptors (Lipinski definition) is 2. The maximum absolute atomic E-state index is 10.4. The van der Waals surface area contributed by atoms with E-state index in [4.69, 9.17) is 9.79 Å². The summed E-state index contributed by atoms with van der Waals surface area (Å²) in [6.07, 6.45) is 5.62. The molecule has 0 aliphatic carbocycles. The van der Waals surface area contributed by atoms with Crippen LogP contribution in [-0.2, 0) is 4.57 Å².